The molecule has 1 saturated heterocycles. The van der Waals surface area contributed by atoms with Gasteiger partial charge in [0, 0.05) is 45.0 Å². The van der Waals surface area contributed by atoms with Crippen LogP contribution in [0.5, 0.6) is 0 Å². The number of halogens is 1. The summed E-state index contributed by atoms with van der Waals surface area (Å²) in [5.41, 5.74) is 1.21. The molecule has 0 aliphatic carbocycles. The molecule has 0 radical (unpaired) electrons. The van der Waals surface area contributed by atoms with Gasteiger partial charge in [0.1, 0.15) is 0 Å². The molecule has 4 rings (SSSR count). The van der Waals surface area contributed by atoms with E-state index in [4.69, 9.17) is 16.3 Å². The van der Waals surface area contributed by atoms with Gasteiger partial charge in [0.2, 0.25) is 0 Å². The average molecular weight is 497 g/mol. The first-order valence-corrected chi connectivity index (χ1v) is 12.3. The highest BCUT2D eigenvalue weighted by Gasteiger charge is 2.40. The largest absolute Gasteiger partial charge is 0.425 e. The number of carbonyl (C=O) groups excluding carboxylic acids is 3. The Morgan fingerprint density at radius 1 is 1.22 bits per heavy atom. The number of nitrogens with one attached hydrogen (secondary N) is 1. The zero-order chi connectivity index (χ0) is 23.0. The number of nitrogens with zero attached hydrogens (tertiary/aromatic N) is 3. The third-order valence-electron chi connectivity index (χ3n) is 5.53. The van der Waals surface area contributed by atoms with Gasteiger partial charge in [-0.3, -0.25) is 14.5 Å². The van der Waals surface area contributed by atoms with Gasteiger partial charge in [0.05, 0.1) is 20.1 Å². The molecule has 1 fully saturated rings. The van der Waals surface area contributed by atoms with Gasteiger partial charge in [0.25, 0.3) is 11.8 Å². The molecule has 2 aliphatic heterocycles. The van der Waals surface area contributed by atoms with Crippen molar-refractivity contribution in [2.24, 2.45) is 0 Å². The van der Waals surface area contributed by atoms with Crippen molar-refractivity contribution in [3.8, 4) is 0 Å². The number of amides is 3. The van der Waals surface area contributed by atoms with E-state index in [-0.39, 0.29) is 24.4 Å². The lowest BCUT2D eigenvalue weighted by Crippen LogP contribution is -2.41. The Morgan fingerprint density at radius 3 is 2.69 bits per heavy atom. The van der Waals surface area contributed by atoms with E-state index in [2.05, 4.69) is 17.3 Å². The highest BCUT2D eigenvalue weighted by atomic mass is 35.5. The smallest absolute Gasteiger partial charge is 0.411 e. The maximum absolute atomic E-state index is 13.4. The molecule has 8 nitrogen and oxygen atoms in total. The third-order valence-corrected chi connectivity index (χ3v) is 7.91. The van der Waals surface area contributed by atoms with E-state index in [1.165, 1.54) is 38.0 Å². The van der Waals surface area contributed by atoms with Gasteiger partial charge >= 0.3 is 6.09 Å². The normalized spacial score (nSPS) is 20.7. The van der Waals surface area contributed by atoms with E-state index in [0.29, 0.717) is 20.5 Å². The fourth-order valence-corrected chi connectivity index (χ4v) is 6.03. The molecule has 0 unspecified atom stereocenters. The number of carbonyl (C=O) groups is 3. The second-order valence-corrected chi connectivity index (χ2v) is 11.1. The third kappa shape index (κ3) is 4.93. The Bertz CT molecular complexity index is 1040. The molecule has 1 N–H and O–H groups in total. The highest BCUT2D eigenvalue weighted by Crippen LogP contribution is 2.31. The van der Waals surface area contributed by atoms with E-state index in [1.807, 2.05) is 6.07 Å². The Morgan fingerprint density at radius 2 is 2.00 bits per heavy atom. The van der Waals surface area contributed by atoms with E-state index in [1.54, 1.807) is 31.1 Å². The Labute approximate surface area is 199 Å². The summed E-state index contributed by atoms with van der Waals surface area (Å²) in [6.45, 7) is 2.05. The van der Waals surface area contributed by atoms with Gasteiger partial charge in [-0.2, -0.15) is 0 Å². The summed E-state index contributed by atoms with van der Waals surface area (Å²) in [5, 5.41) is 2.94. The lowest BCUT2D eigenvalue weighted by molar-refractivity contribution is 0.00479. The van der Waals surface area contributed by atoms with E-state index < -0.39 is 12.3 Å². The molecule has 32 heavy (non-hydrogen) atoms. The van der Waals surface area contributed by atoms with Crippen LogP contribution in [-0.4, -0.2) is 79.1 Å². The van der Waals surface area contributed by atoms with Crippen LogP contribution in [0.1, 0.15) is 36.2 Å². The number of hydrogen-bond donors (Lipinski definition) is 1. The Kier molecular flexibility index (Phi) is 6.75. The SMILES string of the molecule is CN1CCc2cc(C(=O)N3C[C@H](NC(=O)c4ccc(Cl)s4)C[C@@H]3OC(=O)N(C)C)sc2C1. The minimum absolute atomic E-state index is 0.181. The molecule has 11 heteroatoms. The van der Waals surface area contributed by atoms with Crippen LogP contribution >= 0.6 is 34.3 Å². The second-order valence-electron chi connectivity index (χ2n) is 8.25. The van der Waals surface area contributed by atoms with Crippen LogP contribution in [-0.2, 0) is 17.7 Å². The first-order valence-electron chi connectivity index (χ1n) is 10.3. The first kappa shape index (κ1) is 23.0. The van der Waals surface area contributed by atoms with Crippen LogP contribution < -0.4 is 5.32 Å². The van der Waals surface area contributed by atoms with Crippen LogP contribution in [0.4, 0.5) is 4.79 Å². The molecule has 2 aromatic heterocycles. The number of ether oxygens (including phenoxy) is 1. The summed E-state index contributed by atoms with van der Waals surface area (Å²) >= 11 is 8.62. The number of likely N-dealkylation sites (N-methyl/N-ethyl adjacent to an activating group) is 1. The van der Waals surface area contributed by atoms with Crippen LogP contribution in [0.2, 0.25) is 4.34 Å². The van der Waals surface area contributed by atoms with Gasteiger partial charge in [-0.1, -0.05) is 11.6 Å². The van der Waals surface area contributed by atoms with Crippen molar-refractivity contribution >= 4 is 52.2 Å². The first-order chi connectivity index (χ1) is 15.2. The van der Waals surface area contributed by atoms with Crippen LogP contribution in [0.15, 0.2) is 18.2 Å². The zero-order valence-electron chi connectivity index (χ0n) is 18.1. The van der Waals surface area contributed by atoms with Gasteiger partial charge < -0.3 is 19.9 Å². The average Bonchev–Trinajstić information content (AvgIpc) is 3.45. The molecule has 0 bridgehead atoms. The Hall–Kier alpha value is -2.14. The van der Waals surface area contributed by atoms with Crippen molar-refractivity contribution in [2.45, 2.75) is 31.7 Å². The monoisotopic (exact) mass is 496 g/mol. The molecular weight excluding hydrogens is 472 g/mol. The molecule has 3 amide bonds. The van der Waals surface area contributed by atoms with Crippen LogP contribution in [0.25, 0.3) is 0 Å². The fraction of sp³-hybridized carbons (Fsp3) is 0.476. The van der Waals surface area contributed by atoms with Gasteiger partial charge in [0.15, 0.2) is 6.23 Å². The summed E-state index contributed by atoms with van der Waals surface area (Å²) < 4.78 is 6.12. The van der Waals surface area contributed by atoms with Crippen molar-refractivity contribution in [1.82, 2.24) is 20.0 Å². The summed E-state index contributed by atoms with van der Waals surface area (Å²) in [6, 6.07) is 4.95. The second kappa shape index (κ2) is 9.38. The van der Waals surface area contributed by atoms with Crippen molar-refractivity contribution in [2.75, 3.05) is 34.2 Å². The summed E-state index contributed by atoms with van der Waals surface area (Å²) in [7, 11) is 5.25. The number of thiophene rings is 2. The van der Waals surface area contributed by atoms with E-state index in [0.717, 1.165) is 19.5 Å². The van der Waals surface area contributed by atoms with Crippen LogP contribution in [0, 0.1) is 0 Å². The van der Waals surface area contributed by atoms with Crippen LogP contribution in [0.3, 0.4) is 0 Å². The molecule has 2 aliphatic rings. The standard InChI is InChI=1S/C21H25ClN4O4S2/c1-24(2)21(29)30-18-9-13(23-19(27)14-4-5-17(22)32-14)10-26(18)20(28)15-8-12-6-7-25(3)11-16(12)31-15/h4-5,8,13,18H,6-7,9-11H2,1-3H3,(H,23,27)/t13-,18+/m1/s1. The van der Waals surface area contributed by atoms with Crippen molar-refractivity contribution < 1.29 is 19.1 Å². The fourth-order valence-electron chi connectivity index (χ4n) is 3.84. The Balaban J connectivity index is 1.51. The maximum Gasteiger partial charge on any atom is 0.411 e. The molecule has 0 aromatic carbocycles. The quantitative estimate of drug-likeness (QED) is 0.703. The minimum atomic E-state index is -0.753. The van der Waals surface area contributed by atoms with Gasteiger partial charge in [-0.25, -0.2) is 4.79 Å². The summed E-state index contributed by atoms with van der Waals surface area (Å²) in [6.07, 6.45) is -0.0471. The zero-order valence-corrected chi connectivity index (χ0v) is 20.5. The molecule has 172 valence electrons. The highest BCUT2D eigenvalue weighted by molar-refractivity contribution is 7.18. The van der Waals surface area contributed by atoms with Crippen molar-refractivity contribution in [3.05, 3.63) is 42.7 Å². The van der Waals surface area contributed by atoms with E-state index in [9.17, 15) is 14.4 Å². The molecule has 0 spiro atoms. The molecule has 2 atom stereocenters. The number of likely N-dealkylation sites (tertiary alicyclic amines) is 1. The molecule has 2 aromatic rings. The van der Waals surface area contributed by atoms with Gasteiger partial charge in [-0.05, 0) is 37.2 Å². The van der Waals surface area contributed by atoms with E-state index >= 15 is 0 Å². The predicted molar refractivity (Wildman–Crippen MR) is 125 cm³/mol. The lowest BCUT2D eigenvalue weighted by atomic mass is 10.1. The molecule has 0 saturated carbocycles. The predicted octanol–water partition coefficient (Wildman–Crippen LogP) is 3.12. The number of fused-ring (bicyclic) bond motifs is 1. The lowest BCUT2D eigenvalue weighted by Gasteiger charge is -2.25. The molecule has 4 heterocycles. The van der Waals surface area contributed by atoms with Crippen molar-refractivity contribution in [3.63, 3.8) is 0 Å². The maximum atomic E-state index is 13.4. The topological polar surface area (TPSA) is 82.2 Å². The number of hydrogen-bond acceptors (Lipinski definition) is 7. The summed E-state index contributed by atoms with van der Waals surface area (Å²) in [4.78, 5) is 45.6. The minimum Gasteiger partial charge on any atom is -0.425 e. The molecular formula is C21H25ClN4O4S2. The van der Waals surface area contributed by atoms with Crippen molar-refractivity contribution in [1.29, 1.82) is 0 Å². The summed E-state index contributed by atoms with van der Waals surface area (Å²) in [5.74, 6) is -0.437. The van der Waals surface area contributed by atoms with Gasteiger partial charge in [-0.15, -0.1) is 22.7 Å². The number of rotatable bonds is 4.